The predicted molar refractivity (Wildman–Crippen MR) is 103 cm³/mol. The minimum atomic E-state index is -0.881. The van der Waals surface area contributed by atoms with Crippen LogP contribution in [0, 0.1) is 27.3 Å². The first-order chi connectivity index (χ1) is 13.5. The molecule has 0 aliphatic heterocycles. The molecular formula is C20H18FN5O2. The molecule has 0 unspecified atom stereocenters. The molecule has 0 atom stereocenters. The van der Waals surface area contributed by atoms with E-state index in [1.165, 1.54) is 19.3 Å². The molecule has 1 aromatic heterocycles. The molecule has 1 saturated carbocycles. The van der Waals surface area contributed by atoms with Gasteiger partial charge >= 0.3 is 5.69 Å². The highest BCUT2D eigenvalue weighted by molar-refractivity contribution is 5.89. The monoisotopic (exact) mass is 379 g/mol. The smallest absolute Gasteiger partial charge is 0.301 e. The number of imidazole rings is 1. The third-order valence-corrected chi connectivity index (χ3v) is 5.44. The molecule has 0 saturated heterocycles. The maximum atomic E-state index is 14.3. The Hall–Kier alpha value is -3.47. The molecular weight excluding hydrogens is 361 g/mol. The molecule has 1 aliphatic carbocycles. The fraction of sp³-hybridized carbons (Fsp3) is 0.300. The minimum absolute atomic E-state index is 0.0353. The van der Waals surface area contributed by atoms with Crippen molar-refractivity contribution in [1.82, 2.24) is 9.55 Å². The standard InChI is InChI=1S/C20H18FN5O2/c21-16-9-14(20(26(27)28)19(23)15(16)10-22)12-6-7-18-17(8-12)24-11-25(18)13-4-2-1-3-5-13/h6-9,11,13H,1-5,23H2. The number of nitrogen functional groups attached to an aromatic ring is 1. The second kappa shape index (κ2) is 6.93. The first kappa shape index (κ1) is 17.9. The van der Waals surface area contributed by atoms with Crippen LogP contribution in [0.2, 0.25) is 0 Å². The van der Waals surface area contributed by atoms with Crippen molar-refractivity contribution in [2.75, 3.05) is 5.73 Å². The largest absolute Gasteiger partial charge is 0.392 e. The molecule has 1 heterocycles. The Labute approximate surface area is 160 Å². The Kier molecular flexibility index (Phi) is 4.43. The summed E-state index contributed by atoms with van der Waals surface area (Å²) in [5, 5.41) is 20.6. The number of nitrogens with two attached hydrogens (primary N) is 1. The van der Waals surface area contributed by atoms with E-state index in [-0.39, 0.29) is 5.56 Å². The fourth-order valence-electron chi connectivity index (χ4n) is 4.04. The average Bonchev–Trinajstić information content (AvgIpc) is 3.11. The second-order valence-corrected chi connectivity index (χ2v) is 7.06. The van der Waals surface area contributed by atoms with E-state index in [0.29, 0.717) is 17.1 Å². The average molecular weight is 379 g/mol. The summed E-state index contributed by atoms with van der Waals surface area (Å²) in [6, 6.07) is 8.23. The van der Waals surface area contributed by atoms with Crippen LogP contribution in [0.1, 0.15) is 43.7 Å². The summed E-state index contributed by atoms with van der Waals surface area (Å²) in [5.41, 5.74) is 6.37. The van der Waals surface area contributed by atoms with Crippen molar-refractivity contribution in [1.29, 1.82) is 5.26 Å². The summed E-state index contributed by atoms with van der Waals surface area (Å²) < 4.78 is 16.4. The number of anilines is 1. The molecule has 1 fully saturated rings. The minimum Gasteiger partial charge on any atom is -0.392 e. The summed E-state index contributed by atoms with van der Waals surface area (Å²) in [6.07, 6.45) is 7.65. The summed E-state index contributed by atoms with van der Waals surface area (Å²) >= 11 is 0. The summed E-state index contributed by atoms with van der Waals surface area (Å²) in [4.78, 5) is 15.3. The van der Waals surface area contributed by atoms with Crippen molar-refractivity contribution >= 4 is 22.4 Å². The summed E-state index contributed by atoms with van der Waals surface area (Å²) in [6.45, 7) is 0. The van der Waals surface area contributed by atoms with Crippen LogP contribution in [0.15, 0.2) is 30.6 Å². The second-order valence-electron chi connectivity index (χ2n) is 7.06. The number of nitro groups is 1. The van der Waals surface area contributed by atoms with Crippen LogP contribution < -0.4 is 5.73 Å². The first-order valence-electron chi connectivity index (χ1n) is 9.14. The van der Waals surface area contributed by atoms with Crippen molar-refractivity contribution < 1.29 is 9.31 Å². The topological polar surface area (TPSA) is 111 Å². The number of rotatable bonds is 3. The zero-order chi connectivity index (χ0) is 19.8. The molecule has 8 heteroatoms. The van der Waals surface area contributed by atoms with Gasteiger partial charge in [0.25, 0.3) is 0 Å². The summed E-state index contributed by atoms with van der Waals surface area (Å²) in [7, 11) is 0. The van der Waals surface area contributed by atoms with Gasteiger partial charge in [0.05, 0.1) is 27.8 Å². The Morgan fingerprint density at radius 3 is 2.71 bits per heavy atom. The maximum Gasteiger partial charge on any atom is 0.301 e. The highest BCUT2D eigenvalue weighted by Crippen LogP contribution is 2.39. The number of hydrogen-bond donors (Lipinski definition) is 1. The van der Waals surface area contributed by atoms with Crippen molar-refractivity contribution in [3.8, 4) is 17.2 Å². The van der Waals surface area contributed by atoms with Crippen LogP contribution in [0.3, 0.4) is 0 Å². The zero-order valence-corrected chi connectivity index (χ0v) is 15.1. The van der Waals surface area contributed by atoms with E-state index in [9.17, 15) is 14.5 Å². The number of nitriles is 1. The maximum absolute atomic E-state index is 14.3. The van der Waals surface area contributed by atoms with Crippen molar-refractivity contribution in [2.24, 2.45) is 0 Å². The Balaban J connectivity index is 1.84. The van der Waals surface area contributed by atoms with Gasteiger partial charge in [-0.1, -0.05) is 25.3 Å². The zero-order valence-electron chi connectivity index (χ0n) is 15.1. The van der Waals surface area contributed by atoms with Gasteiger partial charge in [0.2, 0.25) is 0 Å². The third-order valence-electron chi connectivity index (χ3n) is 5.44. The van der Waals surface area contributed by atoms with Crippen LogP contribution in [0.25, 0.3) is 22.2 Å². The molecule has 2 aromatic carbocycles. The van der Waals surface area contributed by atoms with E-state index in [1.807, 2.05) is 6.07 Å². The highest BCUT2D eigenvalue weighted by Gasteiger charge is 2.26. The SMILES string of the molecule is N#Cc1c(F)cc(-c2ccc3c(c2)ncn3C2CCCCC2)c([N+](=O)[O-])c1N. The van der Waals surface area contributed by atoms with Crippen LogP contribution in [-0.2, 0) is 0 Å². The normalized spacial score (nSPS) is 14.9. The Morgan fingerprint density at radius 1 is 1.29 bits per heavy atom. The van der Waals surface area contributed by atoms with Gasteiger partial charge in [-0.05, 0) is 36.6 Å². The molecule has 1 aliphatic rings. The molecule has 0 bridgehead atoms. The van der Waals surface area contributed by atoms with Crippen LogP contribution in [0.4, 0.5) is 15.8 Å². The number of aromatic nitrogens is 2. The van der Waals surface area contributed by atoms with Crippen LogP contribution >= 0.6 is 0 Å². The van der Waals surface area contributed by atoms with Crippen molar-refractivity contribution in [3.05, 3.63) is 52.1 Å². The van der Waals surface area contributed by atoms with Gasteiger partial charge in [-0.15, -0.1) is 0 Å². The van der Waals surface area contributed by atoms with Gasteiger partial charge in [-0.3, -0.25) is 10.1 Å². The lowest BCUT2D eigenvalue weighted by molar-refractivity contribution is -0.383. The molecule has 7 nitrogen and oxygen atoms in total. The fourth-order valence-corrected chi connectivity index (χ4v) is 4.04. The first-order valence-corrected chi connectivity index (χ1v) is 9.14. The molecule has 3 aromatic rings. The van der Waals surface area contributed by atoms with E-state index in [1.54, 1.807) is 24.5 Å². The molecule has 0 amide bonds. The van der Waals surface area contributed by atoms with Gasteiger partial charge < -0.3 is 10.3 Å². The van der Waals surface area contributed by atoms with Crippen LogP contribution in [-0.4, -0.2) is 14.5 Å². The lowest BCUT2D eigenvalue weighted by Gasteiger charge is -2.23. The van der Waals surface area contributed by atoms with E-state index in [0.717, 1.165) is 24.4 Å². The van der Waals surface area contributed by atoms with E-state index in [2.05, 4.69) is 9.55 Å². The van der Waals surface area contributed by atoms with Gasteiger partial charge in [0.1, 0.15) is 23.1 Å². The van der Waals surface area contributed by atoms with E-state index >= 15 is 0 Å². The summed E-state index contributed by atoms with van der Waals surface area (Å²) in [5.74, 6) is -0.881. The van der Waals surface area contributed by atoms with Gasteiger partial charge in [-0.25, -0.2) is 9.37 Å². The van der Waals surface area contributed by atoms with Crippen molar-refractivity contribution in [3.63, 3.8) is 0 Å². The van der Waals surface area contributed by atoms with Gasteiger partial charge in [0, 0.05) is 6.04 Å². The van der Waals surface area contributed by atoms with E-state index in [4.69, 9.17) is 11.0 Å². The molecule has 142 valence electrons. The lowest BCUT2D eigenvalue weighted by atomic mass is 9.95. The number of nitro benzene ring substituents is 1. The quantitative estimate of drug-likeness (QED) is 0.402. The molecule has 0 spiro atoms. The highest BCUT2D eigenvalue weighted by atomic mass is 19.1. The number of benzene rings is 2. The molecule has 28 heavy (non-hydrogen) atoms. The number of nitrogens with zero attached hydrogens (tertiary/aromatic N) is 4. The Morgan fingerprint density at radius 2 is 2.04 bits per heavy atom. The third kappa shape index (κ3) is 2.85. The molecule has 4 rings (SSSR count). The number of hydrogen-bond acceptors (Lipinski definition) is 5. The number of halogens is 1. The van der Waals surface area contributed by atoms with Crippen molar-refractivity contribution in [2.45, 2.75) is 38.1 Å². The van der Waals surface area contributed by atoms with Gasteiger partial charge in [-0.2, -0.15) is 5.26 Å². The lowest BCUT2D eigenvalue weighted by Crippen LogP contribution is -2.11. The van der Waals surface area contributed by atoms with Crippen LogP contribution in [0.5, 0.6) is 0 Å². The van der Waals surface area contributed by atoms with E-state index < -0.39 is 27.7 Å². The predicted octanol–water partition coefficient (Wildman–Crippen LogP) is 4.71. The Bertz CT molecular complexity index is 1130. The number of fused-ring (bicyclic) bond motifs is 1. The molecule has 0 radical (unpaired) electrons. The molecule has 2 N–H and O–H groups in total. The van der Waals surface area contributed by atoms with Gasteiger partial charge in [0.15, 0.2) is 0 Å².